The van der Waals surface area contributed by atoms with E-state index in [9.17, 15) is 9.59 Å². The lowest BCUT2D eigenvalue weighted by Crippen LogP contribution is -2.41. The van der Waals surface area contributed by atoms with Gasteiger partial charge in [0.1, 0.15) is 5.82 Å². The predicted octanol–water partition coefficient (Wildman–Crippen LogP) is 3.96. The minimum absolute atomic E-state index is 0.0918. The molecule has 0 radical (unpaired) electrons. The van der Waals surface area contributed by atoms with E-state index in [-0.39, 0.29) is 11.5 Å². The van der Waals surface area contributed by atoms with Crippen molar-refractivity contribution < 1.29 is 9.53 Å². The number of ether oxygens (including phenoxy) is 1. The average molecular weight is 473 g/mol. The van der Waals surface area contributed by atoms with E-state index in [1.165, 1.54) is 0 Å². The third-order valence-electron chi connectivity index (χ3n) is 6.30. The highest BCUT2D eigenvalue weighted by molar-refractivity contribution is 5.98. The standard InChI is InChI=1S/C28H32N4O3/c1-20(26-29-25-12-8-7-11-24(25)28(34)32(26)17-18-35-4)31(16-15-30(2)3)27(33)23-14-13-21-9-5-6-10-22(21)19-23/h5-14,19-20H,15-18H2,1-4H3. The molecule has 35 heavy (non-hydrogen) atoms. The molecule has 0 N–H and O–H groups in total. The summed E-state index contributed by atoms with van der Waals surface area (Å²) in [7, 11) is 5.56. The van der Waals surface area contributed by atoms with Crippen LogP contribution in [0.2, 0.25) is 0 Å². The Bertz CT molecular complexity index is 1400. The third kappa shape index (κ3) is 5.26. The second-order valence-corrected chi connectivity index (χ2v) is 8.98. The number of methoxy groups -OCH3 is 1. The summed E-state index contributed by atoms with van der Waals surface area (Å²) in [5, 5.41) is 2.65. The highest BCUT2D eigenvalue weighted by atomic mass is 16.5. The van der Waals surface area contributed by atoms with E-state index in [0.717, 1.165) is 10.8 Å². The molecule has 1 atom stereocenters. The molecule has 0 bridgehead atoms. The van der Waals surface area contributed by atoms with Crippen LogP contribution >= 0.6 is 0 Å². The molecule has 7 nitrogen and oxygen atoms in total. The molecule has 0 saturated heterocycles. The van der Waals surface area contributed by atoms with E-state index >= 15 is 0 Å². The Labute approximate surface area is 205 Å². The number of hydrogen-bond donors (Lipinski definition) is 0. The number of hydrogen-bond acceptors (Lipinski definition) is 5. The first kappa shape index (κ1) is 24.6. The first-order chi connectivity index (χ1) is 16.9. The van der Waals surface area contributed by atoms with E-state index in [1.807, 2.05) is 91.5 Å². The summed E-state index contributed by atoms with van der Waals surface area (Å²) >= 11 is 0. The van der Waals surface area contributed by atoms with Crippen LogP contribution in [-0.2, 0) is 11.3 Å². The zero-order valence-electron chi connectivity index (χ0n) is 20.8. The van der Waals surface area contributed by atoms with Gasteiger partial charge in [0.15, 0.2) is 0 Å². The van der Waals surface area contributed by atoms with Crippen molar-refractivity contribution in [3.05, 3.63) is 88.5 Å². The van der Waals surface area contributed by atoms with Gasteiger partial charge in [0, 0.05) is 25.8 Å². The molecule has 0 fully saturated rings. The van der Waals surface area contributed by atoms with Gasteiger partial charge in [0.2, 0.25) is 0 Å². The van der Waals surface area contributed by atoms with Crippen molar-refractivity contribution in [2.45, 2.75) is 19.5 Å². The van der Waals surface area contributed by atoms with E-state index in [1.54, 1.807) is 17.7 Å². The lowest BCUT2D eigenvalue weighted by atomic mass is 10.1. The molecule has 182 valence electrons. The van der Waals surface area contributed by atoms with Gasteiger partial charge in [-0.15, -0.1) is 0 Å². The maximum absolute atomic E-state index is 13.9. The lowest BCUT2D eigenvalue weighted by Gasteiger charge is -2.31. The predicted molar refractivity (Wildman–Crippen MR) is 140 cm³/mol. The van der Waals surface area contributed by atoms with Crippen molar-refractivity contribution in [3.63, 3.8) is 0 Å². The second-order valence-electron chi connectivity index (χ2n) is 8.98. The van der Waals surface area contributed by atoms with E-state index in [4.69, 9.17) is 9.72 Å². The molecule has 3 aromatic carbocycles. The third-order valence-corrected chi connectivity index (χ3v) is 6.30. The van der Waals surface area contributed by atoms with Crippen molar-refractivity contribution in [1.29, 1.82) is 0 Å². The molecular weight excluding hydrogens is 440 g/mol. The van der Waals surface area contributed by atoms with Crippen LogP contribution in [0.5, 0.6) is 0 Å². The Morgan fingerprint density at radius 1 is 1.00 bits per heavy atom. The van der Waals surface area contributed by atoms with E-state index in [2.05, 4.69) is 0 Å². The van der Waals surface area contributed by atoms with Crippen LogP contribution in [0.15, 0.2) is 71.5 Å². The quantitative estimate of drug-likeness (QED) is 0.369. The van der Waals surface area contributed by atoms with Gasteiger partial charge >= 0.3 is 0 Å². The van der Waals surface area contributed by atoms with Crippen LogP contribution in [0, 0.1) is 0 Å². The van der Waals surface area contributed by atoms with Crippen LogP contribution in [0.3, 0.4) is 0 Å². The maximum Gasteiger partial charge on any atom is 0.261 e. The molecule has 1 amide bonds. The van der Waals surface area contributed by atoms with Crippen LogP contribution in [0.1, 0.15) is 29.1 Å². The highest BCUT2D eigenvalue weighted by Crippen LogP contribution is 2.24. The van der Waals surface area contributed by atoms with Crippen LogP contribution < -0.4 is 5.56 Å². The number of carbonyl (C=O) groups is 1. The fourth-order valence-electron chi connectivity index (χ4n) is 4.31. The molecule has 1 unspecified atom stereocenters. The van der Waals surface area contributed by atoms with Crippen molar-refractivity contribution in [2.75, 3.05) is 40.9 Å². The number of likely N-dealkylation sites (N-methyl/N-ethyl adjacent to an activating group) is 1. The summed E-state index contributed by atoms with van der Waals surface area (Å²) in [4.78, 5) is 36.0. The minimum Gasteiger partial charge on any atom is -0.383 e. The Hall–Kier alpha value is -3.55. The second kappa shape index (κ2) is 10.8. The number of benzene rings is 3. The van der Waals surface area contributed by atoms with Crippen molar-refractivity contribution in [2.24, 2.45) is 0 Å². The largest absolute Gasteiger partial charge is 0.383 e. The summed E-state index contributed by atoms with van der Waals surface area (Å²) in [6.45, 7) is 3.84. The van der Waals surface area contributed by atoms with E-state index < -0.39 is 6.04 Å². The van der Waals surface area contributed by atoms with Gasteiger partial charge in [-0.3, -0.25) is 14.2 Å². The number of amides is 1. The monoisotopic (exact) mass is 472 g/mol. The number of nitrogens with zero attached hydrogens (tertiary/aromatic N) is 4. The first-order valence-electron chi connectivity index (χ1n) is 11.8. The van der Waals surface area contributed by atoms with Crippen molar-refractivity contribution in [1.82, 2.24) is 19.4 Å². The molecule has 1 aromatic heterocycles. The zero-order chi connectivity index (χ0) is 24.9. The van der Waals surface area contributed by atoms with Gasteiger partial charge in [-0.05, 0) is 56.1 Å². The molecule has 0 spiro atoms. The fraction of sp³-hybridized carbons (Fsp3) is 0.321. The van der Waals surface area contributed by atoms with Crippen LogP contribution in [0.25, 0.3) is 21.7 Å². The first-order valence-corrected chi connectivity index (χ1v) is 11.8. The number of rotatable bonds is 9. The van der Waals surface area contributed by atoms with Gasteiger partial charge in [-0.2, -0.15) is 0 Å². The Balaban J connectivity index is 1.80. The fourth-order valence-corrected chi connectivity index (χ4v) is 4.31. The maximum atomic E-state index is 13.9. The molecular formula is C28H32N4O3. The van der Waals surface area contributed by atoms with Gasteiger partial charge in [-0.25, -0.2) is 4.98 Å². The molecule has 0 aliphatic carbocycles. The molecule has 7 heteroatoms. The summed E-state index contributed by atoms with van der Waals surface area (Å²) in [6, 6.07) is 20.7. The van der Waals surface area contributed by atoms with Gasteiger partial charge < -0.3 is 14.5 Å². The lowest BCUT2D eigenvalue weighted by molar-refractivity contribution is 0.0663. The Morgan fingerprint density at radius 3 is 2.46 bits per heavy atom. The van der Waals surface area contributed by atoms with Crippen molar-refractivity contribution >= 4 is 27.6 Å². The summed E-state index contributed by atoms with van der Waals surface area (Å²) in [5.74, 6) is 0.462. The number of carbonyl (C=O) groups excluding carboxylic acids is 1. The number of para-hydroxylation sites is 1. The highest BCUT2D eigenvalue weighted by Gasteiger charge is 2.27. The molecule has 4 rings (SSSR count). The molecule has 0 aliphatic heterocycles. The minimum atomic E-state index is -0.428. The smallest absolute Gasteiger partial charge is 0.261 e. The Kier molecular flexibility index (Phi) is 7.58. The van der Waals surface area contributed by atoms with Crippen molar-refractivity contribution in [3.8, 4) is 0 Å². The summed E-state index contributed by atoms with van der Waals surface area (Å²) in [6.07, 6.45) is 0. The zero-order valence-corrected chi connectivity index (χ0v) is 20.8. The Morgan fingerprint density at radius 2 is 1.71 bits per heavy atom. The number of fused-ring (bicyclic) bond motifs is 2. The van der Waals surface area contributed by atoms with Crippen LogP contribution in [-0.4, -0.2) is 66.2 Å². The average Bonchev–Trinajstić information content (AvgIpc) is 2.87. The molecule has 1 heterocycles. The van der Waals surface area contributed by atoms with Gasteiger partial charge in [-0.1, -0.05) is 42.5 Å². The summed E-state index contributed by atoms with van der Waals surface area (Å²) < 4.78 is 6.92. The topological polar surface area (TPSA) is 67.7 Å². The van der Waals surface area contributed by atoms with Gasteiger partial charge in [0.25, 0.3) is 11.5 Å². The van der Waals surface area contributed by atoms with Gasteiger partial charge in [0.05, 0.1) is 30.1 Å². The number of aromatic nitrogens is 2. The molecule has 0 saturated carbocycles. The normalized spacial score (nSPS) is 12.4. The molecule has 4 aromatic rings. The summed E-state index contributed by atoms with van der Waals surface area (Å²) in [5.41, 5.74) is 1.11. The molecule has 0 aliphatic rings. The SMILES string of the molecule is COCCn1c(C(C)N(CCN(C)C)C(=O)c2ccc3ccccc3c2)nc2ccccc2c1=O. The van der Waals surface area contributed by atoms with Crippen LogP contribution in [0.4, 0.5) is 0 Å². The van der Waals surface area contributed by atoms with E-state index in [0.29, 0.717) is 48.5 Å².